The van der Waals surface area contributed by atoms with E-state index in [-0.39, 0.29) is 12.4 Å². The zero-order chi connectivity index (χ0) is 15.0. The molecule has 1 N–H and O–H groups in total. The lowest BCUT2D eigenvalue weighted by Crippen LogP contribution is -2.31. The van der Waals surface area contributed by atoms with Gasteiger partial charge in [0.2, 0.25) is 0 Å². The summed E-state index contributed by atoms with van der Waals surface area (Å²) in [5.41, 5.74) is 1.62. The SMILES string of the molecule is CCCN(Cc1cc(F)cc(C#CCCO)c1)C(C)C. The maximum Gasteiger partial charge on any atom is 0.124 e. The van der Waals surface area contributed by atoms with E-state index in [9.17, 15) is 4.39 Å². The largest absolute Gasteiger partial charge is 0.395 e. The van der Waals surface area contributed by atoms with Crippen molar-refractivity contribution in [1.82, 2.24) is 4.90 Å². The van der Waals surface area contributed by atoms with Crippen molar-refractivity contribution in [2.45, 2.75) is 46.2 Å². The van der Waals surface area contributed by atoms with Crippen molar-refractivity contribution in [3.05, 3.63) is 35.1 Å². The van der Waals surface area contributed by atoms with Gasteiger partial charge >= 0.3 is 0 Å². The maximum atomic E-state index is 13.6. The third kappa shape index (κ3) is 5.73. The van der Waals surface area contributed by atoms with E-state index in [4.69, 9.17) is 5.11 Å². The molecule has 20 heavy (non-hydrogen) atoms. The van der Waals surface area contributed by atoms with Gasteiger partial charge in [-0.1, -0.05) is 18.8 Å². The van der Waals surface area contributed by atoms with Crippen LogP contribution in [0.5, 0.6) is 0 Å². The number of nitrogens with zero attached hydrogens (tertiary/aromatic N) is 1. The van der Waals surface area contributed by atoms with E-state index in [1.807, 2.05) is 6.07 Å². The molecule has 0 aromatic heterocycles. The third-order valence-corrected chi connectivity index (χ3v) is 3.05. The maximum absolute atomic E-state index is 13.6. The molecule has 0 saturated carbocycles. The molecule has 0 spiro atoms. The first-order valence-corrected chi connectivity index (χ1v) is 7.20. The summed E-state index contributed by atoms with van der Waals surface area (Å²) in [4.78, 5) is 2.32. The van der Waals surface area contributed by atoms with Crippen LogP contribution in [0.2, 0.25) is 0 Å². The molecule has 0 radical (unpaired) electrons. The van der Waals surface area contributed by atoms with Crippen LogP contribution < -0.4 is 0 Å². The topological polar surface area (TPSA) is 23.5 Å². The van der Waals surface area contributed by atoms with Crippen LogP contribution in [-0.4, -0.2) is 29.2 Å². The summed E-state index contributed by atoms with van der Waals surface area (Å²) in [6.45, 7) is 8.21. The van der Waals surface area contributed by atoms with Crippen molar-refractivity contribution in [2.24, 2.45) is 0 Å². The normalized spacial score (nSPS) is 10.8. The average molecular weight is 277 g/mol. The van der Waals surface area contributed by atoms with Crippen molar-refractivity contribution in [2.75, 3.05) is 13.2 Å². The lowest BCUT2D eigenvalue weighted by Gasteiger charge is -2.26. The van der Waals surface area contributed by atoms with E-state index in [0.717, 1.165) is 25.1 Å². The van der Waals surface area contributed by atoms with E-state index in [1.54, 1.807) is 6.07 Å². The summed E-state index contributed by atoms with van der Waals surface area (Å²) in [6.07, 6.45) is 1.50. The van der Waals surface area contributed by atoms with Crippen LogP contribution in [0.3, 0.4) is 0 Å². The number of rotatable bonds is 6. The molecule has 0 atom stereocenters. The average Bonchev–Trinajstić information content (AvgIpc) is 2.38. The summed E-state index contributed by atoms with van der Waals surface area (Å²) in [7, 11) is 0. The summed E-state index contributed by atoms with van der Waals surface area (Å²) >= 11 is 0. The second-order valence-electron chi connectivity index (χ2n) is 5.19. The molecular weight excluding hydrogens is 253 g/mol. The molecule has 0 heterocycles. The van der Waals surface area contributed by atoms with Gasteiger partial charge in [-0.05, 0) is 50.6 Å². The quantitative estimate of drug-likeness (QED) is 0.807. The molecule has 3 heteroatoms. The smallest absolute Gasteiger partial charge is 0.124 e. The highest BCUT2D eigenvalue weighted by atomic mass is 19.1. The summed E-state index contributed by atoms with van der Waals surface area (Å²) in [5, 5.41) is 8.71. The number of aliphatic hydroxyl groups excluding tert-OH is 1. The minimum absolute atomic E-state index is 0.0345. The van der Waals surface area contributed by atoms with Crippen molar-refractivity contribution < 1.29 is 9.50 Å². The van der Waals surface area contributed by atoms with Gasteiger partial charge in [-0.2, -0.15) is 0 Å². The van der Waals surface area contributed by atoms with Gasteiger partial charge in [0.25, 0.3) is 0 Å². The molecular formula is C17H24FNO. The molecule has 0 aliphatic rings. The van der Waals surface area contributed by atoms with Crippen molar-refractivity contribution in [3.8, 4) is 11.8 Å². The molecule has 2 nitrogen and oxygen atoms in total. The van der Waals surface area contributed by atoms with E-state index >= 15 is 0 Å². The molecule has 110 valence electrons. The van der Waals surface area contributed by atoms with E-state index in [2.05, 4.69) is 37.5 Å². The van der Waals surface area contributed by atoms with Crippen LogP contribution in [0.15, 0.2) is 18.2 Å². The fraction of sp³-hybridized carbons (Fsp3) is 0.529. The minimum atomic E-state index is -0.254. The van der Waals surface area contributed by atoms with Crippen LogP contribution in [0, 0.1) is 17.7 Å². The predicted octanol–water partition coefficient (Wildman–Crippen LogP) is 3.18. The second kappa shape index (κ2) is 8.73. The van der Waals surface area contributed by atoms with Crippen molar-refractivity contribution in [1.29, 1.82) is 0 Å². The van der Waals surface area contributed by atoms with Crippen molar-refractivity contribution >= 4 is 0 Å². The van der Waals surface area contributed by atoms with Gasteiger partial charge < -0.3 is 5.11 Å². The molecule has 0 aliphatic carbocycles. The molecule has 0 saturated heterocycles. The van der Waals surface area contributed by atoms with E-state index in [0.29, 0.717) is 18.0 Å². The number of aliphatic hydroxyl groups is 1. The number of halogens is 1. The van der Waals surface area contributed by atoms with Crippen LogP contribution in [0.25, 0.3) is 0 Å². The van der Waals surface area contributed by atoms with Crippen molar-refractivity contribution in [3.63, 3.8) is 0 Å². The highest BCUT2D eigenvalue weighted by Gasteiger charge is 2.10. The standard InChI is InChI=1S/C17H24FNO/c1-4-8-19(14(2)3)13-16-10-15(7-5-6-9-20)11-17(18)12-16/h10-12,14,20H,4,6,8-9,13H2,1-3H3. The molecule has 1 rings (SSSR count). The first kappa shape index (κ1) is 16.7. The Labute approximate surface area is 121 Å². The summed E-state index contributed by atoms with van der Waals surface area (Å²) < 4.78 is 13.6. The zero-order valence-electron chi connectivity index (χ0n) is 12.6. The Morgan fingerprint density at radius 3 is 2.65 bits per heavy atom. The zero-order valence-corrected chi connectivity index (χ0v) is 12.6. The van der Waals surface area contributed by atoms with Crippen LogP contribution in [0.4, 0.5) is 4.39 Å². The Balaban J connectivity index is 2.87. The van der Waals surface area contributed by atoms with Gasteiger partial charge in [0.1, 0.15) is 5.82 Å². The number of benzene rings is 1. The summed E-state index contributed by atoms with van der Waals surface area (Å²) in [6, 6.07) is 5.37. The first-order valence-electron chi connectivity index (χ1n) is 7.20. The predicted molar refractivity (Wildman–Crippen MR) is 80.8 cm³/mol. The Morgan fingerprint density at radius 1 is 1.30 bits per heavy atom. The molecule has 1 aromatic carbocycles. The lowest BCUT2D eigenvalue weighted by atomic mass is 10.1. The van der Waals surface area contributed by atoms with Gasteiger partial charge in [0, 0.05) is 24.6 Å². The Bertz CT molecular complexity index is 474. The number of hydrogen-bond donors (Lipinski definition) is 1. The minimum Gasteiger partial charge on any atom is -0.395 e. The highest BCUT2D eigenvalue weighted by molar-refractivity contribution is 5.37. The molecule has 1 aromatic rings. The van der Waals surface area contributed by atoms with Gasteiger partial charge in [0.05, 0.1) is 6.61 Å². The molecule has 0 fully saturated rings. The molecule has 0 amide bonds. The van der Waals surface area contributed by atoms with Crippen LogP contribution in [0.1, 0.15) is 44.7 Å². The fourth-order valence-corrected chi connectivity index (χ4v) is 2.08. The Morgan fingerprint density at radius 2 is 2.05 bits per heavy atom. The second-order valence-corrected chi connectivity index (χ2v) is 5.19. The van der Waals surface area contributed by atoms with Gasteiger partial charge in [-0.3, -0.25) is 4.90 Å². The van der Waals surface area contributed by atoms with Crippen LogP contribution >= 0.6 is 0 Å². The third-order valence-electron chi connectivity index (χ3n) is 3.05. The summed E-state index contributed by atoms with van der Waals surface area (Å²) in [5.74, 6) is 5.47. The molecule has 0 bridgehead atoms. The fourth-order valence-electron chi connectivity index (χ4n) is 2.08. The Hall–Kier alpha value is -1.37. The highest BCUT2D eigenvalue weighted by Crippen LogP contribution is 2.13. The first-order chi connectivity index (χ1) is 9.56. The Kier molecular flexibility index (Phi) is 7.28. The molecule has 0 aliphatic heterocycles. The lowest BCUT2D eigenvalue weighted by molar-refractivity contribution is 0.213. The molecule has 0 unspecified atom stereocenters. The van der Waals surface area contributed by atoms with Gasteiger partial charge in [-0.15, -0.1) is 0 Å². The van der Waals surface area contributed by atoms with E-state index in [1.165, 1.54) is 6.07 Å². The number of hydrogen-bond acceptors (Lipinski definition) is 2. The van der Waals surface area contributed by atoms with Crippen LogP contribution in [-0.2, 0) is 6.54 Å². The van der Waals surface area contributed by atoms with Gasteiger partial charge in [0.15, 0.2) is 0 Å². The van der Waals surface area contributed by atoms with E-state index < -0.39 is 0 Å². The monoisotopic (exact) mass is 277 g/mol. The van der Waals surface area contributed by atoms with Gasteiger partial charge in [-0.25, -0.2) is 4.39 Å².